The first-order valence-corrected chi connectivity index (χ1v) is 12.4. The molecule has 0 spiro atoms. The van der Waals surface area contributed by atoms with E-state index in [9.17, 15) is 4.79 Å². The number of nitrogens with two attached hydrogens (primary N) is 1. The number of benzene rings is 1. The van der Waals surface area contributed by atoms with E-state index >= 15 is 0 Å². The van der Waals surface area contributed by atoms with Crippen LogP contribution in [0.15, 0.2) is 29.3 Å². The maximum Gasteiger partial charge on any atom is 0.222 e. The fourth-order valence-corrected chi connectivity index (χ4v) is 5.39. The maximum atomic E-state index is 12.8. The number of thiophene rings is 1. The number of nitrogens with zero attached hydrogens (tertiary/aromatic N) is 4. The fourth-order valence-electron chi connectivity index (χ4n) is 4.05. The molecule has 1 unspecified atom stereocenters. The zero-order valence-electron chi connectivity index (χ0n) is 19.6. The van der Waals surface area contributed by atoms with Crippen molar-refractivity contribution in [2.75, 3.05) is 13.1 Å². The number of aromatic nitrogens is 3. The molecule has 1 aromatic carbocycles. The summed E-state index contributed by atoms with van der Waals surface area (Å²) in [6.07, 6.45) is 3.10. The van der Waals surface area contributed by atoms with Crippen molar-refractivity contribution in [3.8, 4) is 5.00 Å². The molecule has 34 heavy (non-hydrogen) atoms. The van der Waals surface area contributed by atoms with Gasteiger partial charge in [-0.25, -0.2) is 0 Å². The van der Waals surface area contributed by atoms with Crippen LogP contribution in [0.1, 0.15) is 64.9 Å². The first-order chi connectivity index (χ1) is 15.9. The molecule has 0 saturated carbocycles. The average Bonchev–Trinajstić information content (AvgIpc) is 3.26. The summed E-state index contributed by atoms with van der Waals surface area (Å²) in [6.45, 7) is 7.48. The molecule has 182 valence electrons. The Bertz CT molecular complexity index is 1190. The number of carbonyl (C=O) groups is 1. The van der Waals surface area contributed by atoms with Crippen LogP contribution in [0.5, 0.6) is 0 Å². The quantitative estimate of drug-likeness (QED) is 0.414. The molecule has 3 aromatic rings. The maximum absolute atomic E-state index is 12.8. The van der Waals surface area contributed by atoms with Crippen LogP contribution in [0.2, 0.25) is 5.02 Å². The van der Waals surface area contributed by atoms with E-state index in [-0.39, 0.29) is 24.7 Å². The molecule has 1 atom stereocenters. The largest absolute Gasteiger partial charge is 0.356 e. The number of hydrogen-bond donors (Lipinski definition) is 2. The van der Waals surface area contributed by atoms with Crippen LogP contribution in [0, 0.1) is 20.8 Å². The Morgan fingerprint density at radius 2 is 1.88 bits per heavy atom. The Labute approximate surface area is 215 Å². The Morgan fingerprint density at radius 3 is 2.59 bits per heavy atom. The SMILES string of the molecule is Cc1sc2c(c1C)C(c1ccc(Cl)cc1)=NC(CC(=O)NCCCCCN)c1nnc(C)n1-2.Cl. The summed E-state index contributed by atoms with van der Waals surface area (Å²) in [7, 11) is 0. The van der Waals surface area contributed by atoms with E-state index in [2.05, 4.69) is 33.9 Å². The van der Waals surface area contributed by atoms with Gasteiger partial charge >= 0.3 is 0 Å². The zero-order valence-corrected chi connectivity index (χ0v) is 22.0. The highest BCUT2D eigenvalue weighted by molar-refractivity contribution is 7.15. The lowest BCUT2D eigenvalue weighted by atomic mass is 9.99. The van der Waals surface area contributed by atoms with Gasteiger partial charge in [-0.15, -0.1) is 33.9 Å². The standard InChI is InChI=1S/C24H29ClN6OS.ClH/c1-14-15(2)33-24-21(14)22(17-7-9-18(25)10-8-17)28-19(23-30-29-16(3)31(23)24)13-20(32)27-12-6-4-5-11-26;/h7-10,19H,4-6,11-13,26H2,1-3H3,(H,27,32);1H. The second-order valence-corrected chi connectivity index (χ2v) is 9.95. The van der Waals surface area contributed by atoms with E-state index in [0.29, 0.717) is 23.9 Å². The number of unbranched alkanes of at least 4 members (excludes halogenated alkanes) is 2. The minimum absolute atomic E-state index is 0. The number of carbonyl (C=O) groups excluding carboxylic acids is 1. The third-order valence-corrected chi connectivity index (χ3v) is 7.38. The molecule has 0 bridgehead atoms. The minimum atomic E-state index is -0.444. The molecule has 0 radical (unpaired) electrons. The number of halogens is 2. The lowest BCUT2D eigenvalue weighted by Gasteiger charge is -2.13. The van der Waals surface area contributed by atoms with Crippen LogP contribution < -0.4 is 11.1 Å². The smallest absolute Gasteiger partial charge is 0.222 e. The Morgan fingerprint density at radius 1 is 1.15 bits per heavy atom. The molecule has 0 fully saturated rings. The first kappa shape index (κ1) is 26.3. The van der Waals surface area contributed by atoms with Gasteiger partial charge in [0.25, 0.3) is 0 Å². The lowest BCUT2D eigenvalue weighted by molar-refractivity contribution is -0.121. The van der Waals surface area contributed by atoms with Gasteiger partial charge in [0.15, 0.2) is 5.82 Å². The number of amides is 1. The normalized spacial score (nSPS) is 14.5. The number of nitrogens with one attached hydrogen (secondary N) is 1. The van der Waals surface area contributed by atoms with Crippen LogP contribution in [-0.4, -0.2) is 39.5 Å². The molecule has 0 saturated heterocycles. The summed E-state index contributed by atoms with van der Waals surface area (Å²) in [6, 6.07) is 7.25. The van der Waals surface area contributed by atoms with E-state index < -0.39 is 6.04 Å². The molecule has 10 heteroatoms. The van der Waals surface area contributed by atoms with Gasteiger partial charge in [0.05, 0.1) is 12.1 Å². The van der Waals surface area contributed by atoms with Crippen LogP contribution >= 0.6 is 35.3 Å². The molecular weight excluding hydrogens is 491 g/mol. The van der Waals surface area contributed by atoms with E-state index in [1.165, 1.54) is 10.4 Å². The zero-order chi connectivity index (χ0) is 23.5. The highest BCUT2D eigenvalue weighted by Gasteiger charge is 2.32. The van der Waals surface area contributed by atoms with E-state index in [0.717, 1.165) is 46.9 Å². The van der Waals surface area contributed by atoms with Gasteiger partial charge in [-0.2, -0.15) is 0 Å². The summed E-state index contributed by atoms with van der Waals surface area (Å²) in [5.41, 5.74) is 9.61. The molecule has 3 heterocycles. The first-order valence-electron chi connectivity index (χ1n) is 11.2. The minimum Gasteiger partial charge on any atom is -0.356 e. The van der Waals surface area contributed by atoms with Crippen LogP contribution in [-0.2, 0) is 4.79 Å². The highest BCUT2D eigenvalue weighted by atomic mass is 35.5. The van der Waals surface area contributed by atoms with Gasteiger partial charge in [-0.05, 0) is 57.9 Å². The van der Waals surface area contributed by atoms with Gasteiger partial charge in [0.2, 0.25) is 5.91 Å². The average molecular weight is 522 g/mol. The van der Waals surface area contributed by atoms with Crippen molar-refractivity contribution in [2.24, 2.45) is 10.7 Å². The summed E-state index contributed by atoms with van der Waals surface area (Å²) in [5, 5.41) is 13.5. The van der Waals surface area contributed by atoms with Gasteiger partial charge in [0.1, 0.15) is 16.9 Å². The summed E-state index contributed by atoms with van der Waals surface area (Å²) < 4.78 is 2.06. The second kappa shape index (κ2) is 11.4. The van der Waals surface area contributed by atoms with Crippen molar-refractivity contribution in [1.82, 2.24) is 20.1 Å². The van der Waals surface area contributed by atoms with E-state index in [4.69, 9.17) is 22.3 Å². The van der Waals surface area contributed by atoms with Crippen LogP contribution in [0.25, 0.3) is 5.00 Å². The number of rotatable bonds is 8. The monoisotopic (exact) mass is 520 g/mol. The Kier molecular flexibility index (Phi) is 8.87. The Balaban J connectivity index is 0.00000324. The molecule has 7 nitrogen and oxygen atoms in total. The van der Waals surface area contributed by atoms with Crippen LogP contribution in [0.4, 0.5) is 0 Å². The fraction of sp³-hybridized carbons (Fsp3) is 0.417. The molecule has 1 amide bonds. The van der Waals surface area contributed by atoms with Crippen molar-refractivity contribution in [3.05, 3.63) is 62.5 Å². The van der Waals surface area contributed by atoms with Crippen LogP contribution in [0.3, 0.4) is 0 Å². The summed E-state index contributed by atoms with van der Waals surface area (Å²) in [5.74, 6) is 1.43. The van der Waals surface area contributed by atoms with Crippen molar-refractivity contribution in [3.63, 3.8) is 0 Å². The Hall–Kier alpha value is -2.26. The van der Waals surface area contributed by atoms with Gasteiger partial charge in [0, 0.05) is 27.6 Å². The summed E-state index contributed by atoms with van der Waals surface area (Å²) >= 11 is 7.85. The van der Waals surface area contributed by atoms with Gasteiger partial charge < -0.3 is 11.1 Å². The molecule has 2 aromatic heterocycles. The third kappa shape index (κ3) is 5.35. The molecular formula is C24H30Cl2N6OS. The predicted octanol–water partition coefficient (Wildman–Crippen LogP) is 4.86. The molecule has 1 aliphatic rings. The second-order valence-electron chi connectivity index (χ2n) is 8.31. The predicted molar refractivity (Wildman–Crippen MR) is 141 cm³/mol. The number of aryl methyl sites for hydroxylation is 2. The topological polar surface area (TPSA) is 98.2 Å². The van der Waals surface area contributed by atoms with E-state index in [1.807, 2.05) is 31.2 Å². The van der Waals surface area contributed by atoms with Crippen molar-refractivity contribution in [1.29, 1.82) is 0 Å². The molecule has 0 aliphatic carbocycles. The van der Waals surface area contributed by atoms with Gasteiger partial charge in [-0.3, -0.25) is 14.4 Å². The molecule has 4 rings (SSSR count). The molecule has 1 aliphatic heterocycles. The number of hydrogen-bond acceptors (Lipinski definition) is 6. The molecule has 3 N–H and O–H groups in total. The third-order valence-electron chi connectivity index (χ3n) is 5.94. The summed E-state index contributed by atoms with van der Waals surface area (Å²) in [4.78, 5) is 19.2. The van der Waals surface area contributed by atoms with Crippen molar-refractivity contribution < 1.29 is 4.79 Å². The lowest BCUT2D eigenvalue weighted by Crippen LogP contribution is -2.26. The highest BCUT2D eigenvalue weighted by Crippen LogP contribution is 2.39. The van der Waals surface area contributed by atoms with Crippen molar-refractivity contribution in [2.45, 2.75) is 52.5 Å². The van der Waals surface area contributed by atoms with Gasteiger partial charge in [-0.1, -0.05) is 30.2 Å². The van der Waals surface area contributed by atoms with Crippen molar-refractivity contribution >= 4 is 47.0 Å². The number of fused-ring (bicyclic) bond motifs is 3. The number of aliphatic imine (C=N–C) groups is 1. The van der Waals surface area contributed by atoms with E-state index in [1.54, 1.807) is 11.3 Å².